The zero-order valence-corrected chi connectivity index (χ0v) is 8.18. The molecule has 0 aliphatic rings. The molecule has 0 aliphatic carbocycles. The molecule has 3 nitrogen and oxygen atoms in total. The number of hydrogen-bond acceptors (Lipinski definition) is 3. The van der Waals surface area contributed by atoms with E-state index in [-0.39, 0.29) is 6.61 Å². The quantitative estimate of drug-likeness (QED) is 0.535. The molecular weight excluding hydrogens is 154 g/mol. The van der Waals surface area contributed by atoms with Crippen molar-refractivity contribution in [1.29, 1.82) is 0 Å². The Morgan fingerprint density at radius 1 is 1.42 bits per heavy atom. The van der Waals surface area contributed by atoms with Crippen LogP contribution in [-0.2, 0) is 4.74 Å². The number of nitrogens with one attached hydrogen (secondary N) is 1. The molecule has 1 unspecified atom stereocenters. The minimum Gasteiger partial charge on any atom is -0.396 e. The van der Waals surface area contributed by atoms with Crippen molar-refractivity contribution in [3.63, 3.8) is 0 Å². The van der Waals surface area contributed by atoms with E-state index in [2.05, 4.69) is 12.2 Å². The Bertz CT molecular complexity index is 88.6. The molecule has 2 N–H and O–H groups in total. The smallest absolute Gasteiger partial charge is 0.0462 e. The fraction of sp³-hybridized carbons (Fsp3) is 1.00. The standard InChI is InChI=1S/C9H21NO2/c1-9(5-7-11)10-6-3-4-8-12-2/h9-11H,3-8H2,1-2H3. The fourth-order valence-corrected chi connectivity index (χ4v) is 1.02. The number of methoxy groups -OCH3 is 1. The highest BCUT2D eigenvalue weighted by Gasteiger charge is 1.97. The molecule has 74 valence electrons. The highest BCUT2D eigenvalue weighted by atomic mass is 16.5. The first-order valence-electron chi connectivity index (χ1n) is 4.64. The minimum absolute atomic E-state index is 0.270. The van der Waals surface area contributed by atoms with Gasteiger partial charge in [0.05, 0.1) is 0 Å². The number of rotatable bonds is 8. The van der Waals surface area contributed by atoms with E-state index in [4.69, 9.17) is 9.84 Å². The molecule has 0 saturated heterocycles. The van der Waals surface area contributed by atoms with Gasteiger partial charge in [0.25, 0.3) is 0 Å². The third-order valence-electron chi connectivity index (χ3n) is 1.83. The zero-order chi connectivity index (χ0) is 9.23. The second-order valence-electron chi connectivity index (χ2n) is 3.07. The molecule has 1 atom stereocenters. The third-order valence-corrected chi connectivity index (χ3v) is 1.83. The Hall–Kier alpha value is -0.120. The second kappa shape index (κ2) is 8.97. The van der Waals surface area contributed by atoms with E-state index in [0.29, 0.717) is 6.04 Å². The van der Waals surface area contributed by atoms with Crippen LogP contribution in [0.5, 0.6) is 0 Å². The highest BCUT2D eigenvalue weighted by molar-refractivity contribution is 4.58. The van der Waals surface area contributed by atoms with Crippen LogP contribution in [0.4, 0.5) is 0 Å². The molecular formula is C9H21NO2. The molecule has 0 bridgehead atoms. The summed E-state index contributed by atoms with van der Waals surface area (Å²) in [4.78, 5) is 0. The lowest BCUT2D eigenvalue weighted by Crippen LogP contribution is -2.27. The van der Waals surface area contributed by atoms with E-state index in [0.717, 1.165) is 32.4 Å². The summed E-state index contributed by atoms with van der Waals surface area (Å²) in [6.45, 7) is 4.22. The molecule has 0 spiro atoms. The molecule has 0 saturated carbocycles. The molecule has 0 aromatic carbocycles. The molecule has 0 fully saturated rings. The van der Waals surface area contributed by atoms with Crippen molar-refractivity contribution in [2.75, 3.05) is 26.9 Å². The van der Waals surface area contributed by atoms with E-state index in [9.17, 15) is 0 Å². The van der Waals surface area contributed by atoms with Gasteiger partial charge in [-0.3, -0.25) is 0 Å². The topological polar surface area (TPSA) is 41.5 Å². The van der Waals surface area contributed by atoms with Crippen LogP contribution < -0.4 is 5.32 Å². The first kappa shape index (κ1) is 11.9. The summed E-state index contributed by atoms with van der Waals surface area (Å²) in [6.07, 6.45) is 3.09. The van der Waals surface area contributed by atoms with Crippen LogP contribution in [0.3, 0.4) is 0 Å². The Morgan fingerprint density at radius 3 is 2.75 bits per heavy atom. The molecule has 0 heterocycles. The summed E-state index contributed by atoms with van der Waals surface area (Å²) in [5, 5.41) is 11.9. The van der Waals surface area contributed by atoms with Crippen LogP contribution in [0.2, 0.25) is 0 Å². The average molecular weight is 175 g/mol. The summed E-state index contributed by atoms with van der Waals surface area (Å²) in [6, 6.07) is 0.428. The third kappa shape index (κ3) is 7.98. The molecule has 0 radical (unpaired) electrons. The number of aliphatic hydroxyl groups is 1. The Balaban J connectivity index is 2.97. The summed E-state index contributed by atoms with van der Waals surface area (Å²) in [7, 11) is 1.72. The largest absolute Gasteiger partial charge is 0.396 e. The van der Waals surface area contributed by atoms with Crippen LogP contribution in [0.1, 0.15) is 26.2 Å². The van der Waals surface area contributed by atoms with Gasteiger partial charge in [0.1, 0.15) is 0 Å². The minimum atomic E-state index is 0.270. The molecule has 0 aromatic heterocycles. The van der Waals surface area contributed by atoms with Crippen molar-refractivity contribution in [3.8, 4) is 0 Å². The molecule has 0 aliphatic heterocycles. The maximum absolute atomic E-state index is 8.62. The zero-order valence-electron chi connectivity index (χ0n) is 8.18. The Morgan fingerprint density at radius 2 is 2.17 bits per heavy atom. The lowest BCUT2D eigenvalue weighted by molar-refractivity contribution is 0.192. The Labute approximate surface area is 75.1 Å². The van der Waals surface area contributed by atoms with Crippen molar-refractivity contribution in [3.05, 3.63) is 0 Å². The Kier molecular flexibility index (Phi) is 8.88. The van der Waals surface area contributed by atoms with Gasteiger partial charge in [-0.05, 0) is 32.7 Å². The summed E-state index contributed by atoms with van der Waals surface area (Å²) < 4.78 is 4.93. The van der Waals surface area contributed by atoms with Gasteiger partial charge in [0.15, 0.2) is 0 Å². The van der Waals surface area contributed by atoms with Gasteiger partial charge in [0.2, 0.25) is 0 Å². The van der Waals surface area contributed by atoms with Gasteiger partial charge >= 0.3 is 0 Å². The molecule has 0 amide bonds. The fourth-order valence-electron chi connectivity index (χ4n) is 1.02. The van der Waals surface area contributed by atoms with Gasteiger partial charge in [0, 0.05) is 26.4 Å². The normalized spacial score (nSPS) is 13.2. The van der Waals surface area contributed by atoms with E-state index >= 15 is 0 Å². The van der Waals surface area contributed by atoms with Gasteiger partial charge in [-0.2, -0.15) is 0 Å². The molecule has 3 heteroatoms. The van der Waals surface area contributed by atoms with Crippen LogP contribution in [0.25, 0.3) is 0 Å². The summed E-state index contributed by atoms with van der Waals surface area (Å²) in [5.74, 6) is 0. The first-order chi connectivity index (χ1) is 5.81. The lowest BCUT2D eigenvalue weighted by Gasteiger charge is -2.11. The molecule has 12 heavy (non-hydrogen) atoms. The summed E-state index contributed by atoms with van der Waals surface area (Å²) in [5.41, 5.74) is 0. The molecule has 0 rings (SSSR count). The van der Waals surface area contributed by atoms with Crippen molar-refractivity contribution in [1.82, 2.24) is 5.32 Å². The highest BCUT2D eigenvalue weighted by Crippen LogP contribution is 1.91. The van der Waals surface area contributed by atoms with Crippen LogP contribution in [-0.4, -0.2) is 38.0 Å². The monoisotopic (exact) mass is 175 g/mol. The van der Waals surface area contributed by atoms with Crippen LogP contribution in [0.15, 0.2) is 0 Å². The second-order valence-corrected chi connectivity index (χ2v) is 3.07. The number of unbranched alkanes of at least 4 members (excludes halogenated alkanes) is 1. The van der Waals surface area contributed by atoms with E-state index in [1.807, 2.05) is 0 Å². The predicted octanol–water partition coefficient (Wildman–Crippen LogP) is 0.774. The predicted molar refractivity (Wildman–Crippen MR) is 50.3 cm³/mol. The van der Waals surface area contributed by atoms with E-state index in [1.165, 1.54) is 0 Å². The number of aliphatic hydroxyl groups excluding tert-OH is 1. The van der Waals surface area contributed by atoms with E-state index < -0.39 is 0 Å². The van der Waals surface area contributed by atoms with Gasteiger partial charge < -0.3 is 15.2 Å². The van der Waals surface area contributed by atoms with Gasteiger partial charge in [-0.15, -0.1) is 0 Å². The summed E-state index contributed by atoms with van der Waals surface area (Å²) >= 11 is 0. The van der Waals surface area contributed by atoms with Gasteiger partial charge in [-0.1, -0.05) is 0 Å². The van der Waals surface area contributed by atoms with E-state index in [1.54, 1.807) is 7.11 Å². The van der Waals surface area contributed by atoms with Gasteiger partial charge in [-0.25, -0.2) is 0 Å². The number of ether oxygens (including phenoxy) is 1. The van der Waals surface area contributed by atoms with Crippen molar-refractivity contribution in [2.45, 2.75) is 32.2 Å². The van der Waals surface area contributed by atoms with Crippen LogP contribution in [0, 0.1) is 0 Å². The SMILES string of the molecule is COCCCCNC(C)CCO. The molecule has 0 aromatic rings. The first-order valence-corrected chi connectivity index (χ1v) is 4.64. The van der Waals surface area contributed by atoms with Crippen LogP contribution >= 0.6 is 0 Å². The average Bonchev–Trinajstić information content (AvgIpc) is 2.05. The number of hydrogen-bond donors (Lipinski definition) is 2. The van der Waals surface area contributed by atoms with Crippen molar-refractivity contribution in [2.24, 2.45) is 0 Å². The lowest BCUT2D eigenvalue weighted by atomic mass is 10.2. The maximum atomic E-state index is 8.62. The van der Waals surface area contributed by atoms with Crippen molar-refractivity contribution >= 4 is 0 Å². The van der Waals surface area contributed by atoms with Crippen molar-refractivity contribution < 1.29 is 9.84 Å². The maximum Gasteiger partial charge on any atom is 0.0462 e.